The van der Waals surface area contributed by atoms with Crippen LogP contribution in [-0.2, 0) is 4.79 Å². The first-order chi connectivity index (χ1) is 10.2. The number of para-hydroxylation sites is 2. The summed E-state index contributed by atoms with van der Waals surface area (Å²) in [7, 11) is 0. The Kier molecular flexibility index (Phi) is 5.21. The third-order valence-electron chi connectivity index (χ3n) is 2.82. The summed E-state index contributed by atoms with van der Waals surface area (Å²) in [6.07, 6.45) is 0. The van der Waals surface area contributed by atoms with Crippen LogP contribution in [0.4, 0.5) is 5.69 Å². The molecule has 110 valence electrons. The molecule has 2 aromatic carbocycles. The topological polar surface area (TPSA) is 47.6 Å². The Labute approximate surface area is 124 Å². The summed E-state index contributed by atoms with van der Waals surface area (Å²) in [5.41, 5.74) is 1.74. The van der Waals surface area contributed by atoms with Crippen LogP contribution in [0.25, 0.3) is 0 Å². The number of carbonyl (C=O) groups excluding carboxylic acids is 1. The molecule has 4 heteroatoms. The van der Waals surface area contributed by atoms with E-state index in [1.54, 1.807) is 6.07 Å². The fraction of sp³-hybridized carbons (Fsp3) is 0.235. The van der Waals surface area contributed by atoms with Crippen LogP contribution in [0.15, 0.2) is 48.5 Å². The molecule has 0 fully saturated rings. The zero-order valence-electron chi connectivity index (χ0n) is 12.3. The van der Waals surface area contributed by atoms with Crippen molar-refractivity contribution in [2.45, 2.75) is 13.8 Å². The summed E-state index contributed by atoms with van der Waals surface area (Å²) >= 11 is 0. The van der Waals surface area contributed by atoms with E-state index in [4.69, 9.17) is 9.47 Å². The molecule has 0 aliphatic rings. The van der Waals surface area contributed by atoms with Gasteiger partial charge in [-0.3, -0.25) is 4.79 Å². The zero-order valence-corrected chi connectivity index (χ0v) is 12.3. The number of amides is 1. The Hall–Kier alpha value is -2.49. The summed E-state index contributed by atoms with van der Waals surface area (Å²) in [5, 5.41) is 2.79. The lowest BCUT2D eigenvalue weighted by Gasteiger charge is -2.11. The maximum atomic E-state index is 11.9. The summed E-state index contributed by atoms with van der Waals surface area (Å²) in [5.74, 6) is 1.12. The second kappa shape index (κ2) is 7.33. The molecule has 0 spiro atoms. The van der Waals surface area contributed by atoms with Gasteiger partial charge in [0.05, 0.1) is 12.3 Å². The molecule has 1 amide bonds. The molecule has 0 saturated carbocycles. The molecule has 4 nitrogen and oxygen atoms in total. The van der Waals surface area contributed by atoms with E-state index in [0.717, 1.165) is 5.56 Å². The highest BCUT2D eigenvalue weighted by molar-refractivity contribution is 5.93. The van der Waals surface area contributed by atoms with Crippen molar-refractivity contribution in [3.8, 4) is 11.5 Å². The first-order valence-electron chi connectivity index (χ1n) is 6.90. The summed E-state index contributed by atoms with van der Waals surface area (Å²) in [6, 6.07) is 14.9. The van der Waals surface area contributed by atoms with Crippen LogP contribution in [0, 0.1) is 6.92 Å². The van der Waals surface area contributed by atoms with Gasteiger partial charge in [-0.25, -0.2) is 0 Å². The molecule has 0 bridgehead atoms. The molecule has 2 aromatic rings. The van der Waals surface area contributed by atoms with Crippen molar-refractivity contribution in [2.24, 2.45) is 0 Å². The average molecular weight is 285 g/mol. The first kappa shape index (κ1) is 14.9. The number of hydrogen-bond donors (Lipinski definition) is 1. The first-order valence-corrected chi connectivity index (χ1v) is 6.90. The van der Waals surface area contributed by atoms with Gasteiger partial charge >= 0.3 is 0 Å². The molecule has 0 unspecified atom stereocenters. The Morgan fingerprint density at radius 3 is 2.67 bits per heavy atom. The molecule has 1 N–H and O–H groups in total. The van der Waals surface area contributed by atoms with Gasteiger partial charge in [0.25, 0.3) is 5.91 Å². The van der Waals surface area contributed by atoms with Crippen molar-refractivity contribution in [3.05, 3.63) is 54.1 Å². The summed E-state index contributed by atoms with van der Waals surface area (Å²) in [6.45, 7) is 4.39. The average Bonchev–Trinajstić information content (AvgIpc) is 2.48. The van der Waals surface area contributed by atoms with Crippen LogP contribution in [0.5, 0.6) is 11.5 Å². The molecule has 0 aliphatic carbocycles. The van der Waals surface area contributed by atoms with Crippen LogP contribution < -0.4 is 14.8 Å². The predicted octanol–water partition coefficient (Wildman–Crippen LogP) is 3.41. The Morgan fingerprint density at radius 2 is 1.90 bits per heavy atom. The minimum absolute atomic E-state index is 0.0378. The standard InChI is InChI=1S/C17H19NO3/c1-3-20-16-10-5-4-9-15(16)18-17(19)12-21-14-8-6-7-13(2)11-14/h4-11H,3,12H2,1-2H3,(H,18,19). The normalized spacial score (nSPS) is 10.0. The van der Waals surface area contributed by atoms with E-state index in [0.29, 0.717) is 23.8 Å². The zero-order chi connectivity index (χ0) is 15.1. The smallest absolute Gasteiger partial charge is 0.262 e. The number of anilines is 1. The van der Waals surface area contributed by atoms with E-state index in [1.807, 2.05) is 56.3 Å². The van der Waals surface area contributed by atoms with Crippen LogP contribution in [0.2, 0.25) is 0 Å². The molecule has 0 atom stereocenters. The van der Waals surface area contributed by atoms with Crippen LogP contribution in [0.1, 0.15) is 12.5 Å². The van der Waals surface area contributed by atoms with Gasteiger partial charge in [0, 0.05) is 0 Å². The minimum atomic E-state index is -0.219. The van der Waals surface area contributed by atoms with Crippen molar-refractivity contribution >= 4 is 11.6 Å². The van der Waals surface area contributed by atoms with Gasteiger partial charge in [0.2, 0.25) is 0 Å². The fourth-order valence-electron chi connectivity index (χ4n) is 1.89. The number of benzene rings is 2. The molecule has 0 aliphatic heterocycles. The van der Waals surface area contributed by atoms with Crippen LogP contribution in [0.3, 0.4) is 0 Å². The third-order valence-corrected chi connectivity index (χ3v) is 2.82. The maximum absolute atomic E-state index is 11.9. The molecular weight excluding hydrogens is 266 g/mol. The Bertz CT molecular complexity index is 610. The highest BCUT2D eigenvalue weighted by Crippen LogP contribution is 2.23. The third kappa shape index (κ3) is 4.53. The van der Waals surface area contributed by atoms with Crippen molar-refractivity contribution in [3.63, 3.8) is 0 Å². The molecule has 0 aromatic heterocycles. The van der Waals surface area contributed by atoms with Gasteiger partial charge in [0.15, 0.2) is 6.61 Å². The van der Waals surface area contributed by atoms with Crippen molar-refractivity contribution in [1.29, 1.82) is 0 Å². The van der Waals surface area contributed by atoms with Crippen LogP contribution in [-0.4, -0.2) is 19.1 Å². The lowest BCUT2D eigenvalue weighted by Crippen LogP contribution is -2.20. The molecule has 21 heavy (non-hydrogen) atoms. The molecular formula is C17H19NO3. The fourth-order valence-corrected chi connectivity index (χ4v) is 1.89. The Morgan fingerprint density at radius 1 is 1.10 bits per heavy atom. The van der Waals surface area contributed by atoms with Gasteiger partial charge in [0.1, 0.15) is 11.5 Å². The van der Waals surface area contributed by atoms with Crippen LogP contribution >= 0.6 is 0 Å². The number of nitrogens with one attached hydrogen (secondary N) is 1. The van der Waals surface area contributed by atoms with Gasteiger partial charge in [-0.05, 0) is 43.7 Å². The second-order valence-electron chi connectivity index (χ2n) is 4.58. The van der Waals surface area contributed by atoms with Gasteiger partial charge in [-0.1, -0.05) is 24.3 Å². The van der Waals surface area contributed by atoms with E-state index in [-0.39, 0.29) is 12.5 Å². The van der Waals surface area contributed by atoms with Gasteiger partial charge < -0.3 is 14.8 Å². The number of rotatable bonds is 6. The minimum Gasteiger partial charge on any atom is -0.492 e. The Balaban J connectivity index is 1.93. The van der Waals surface area contributed by atoms with Crippen molar-refractivity contribution in [2.75, 3.05) is 18.5 Å². The molecule has 0 radical (unpaired) electrons. The van der Waals surface area contributed by atoms with Crippen molar-refractivity contribution < 1.29 is 14.3 Å². The predicted molar refractivity (Wildman–Crippen MR) is 82.9 cm³/mol. The van der Waals surface area contributed by atoms with E-state index in [2.05, 4.69) is 5.32 Å². The maximum Gasteiger partial charge on any atom is 0.262 e. The highest BCUT2D eigenvalue weighted by Gasteiger charge is 2.08. The van der Waals surface area contributed by atoms with E-state index >= 15 is 0 Å². The summed E-state index contributed by atoms with van der Waals surface area (Å²) in [4.78, 5) is 11.9. The molecule has 0 heterocycles. The quantitative estimate of drug-likeness (QED) is 0.884. The lowest BCUT2D eigenvalue weighted by atomic mass is 10.2. The number of carbonyl (C=O) groups is 1. The number of ether oxygens (including phenoxy) is 2. The van der Waals surface area contributed by atoms with E-state index < -0.39 is 0 Å². The van der Waals surface area contributed by atoms with E-state index in [1.165, 1.54) is 0 Å². The lowest BCUT2D eigenvalue weighted by molar-refractivity contribution is -0.118. The molecule has 0 saturated heterocycles. The SMILES string of the molecule is CCOc1ccccc1NC(=O)COc1cccc(C)c1. The van der Waals surface area contributed by atoms with Crippen molar-refractivity contribution in [1.82, 2.24) is 0 Å². The monoisotopic (exact) mass is 285 g/mol. The summed E-state index contributed by atoms with van der Waals surface area (Å²) < 4.78 is 10.9. The van der Waals surface area contributed by atoms with Gasteiger partial charge in [-0.2, -0.15) is 0 Å². The van der Waals surface area contributed by atoms with E-state index in [9.17, 15) is 4.79 Å². The van der Waals surface area contributed by atoms with Gasteiger partial charge in [-0.15, -0.1) is 0 Å². The number of hydrogen-bond acceptors (Lipinski definition) is 3. The molecule has 2 rings (SSSR count). The second-order valence-corrected chi connectivity index (χ2v) is 4.58. The largest absolute Gasteiger partial charge is 0.492 e. The highest BCUT2D eigenvalue weighted by atomic mass is 16.5. The number of aryl methyl sites for hydroxylation is 1.